The predicted molar refractivity (Wildman–Crippen MR) is 72.9 cm³/mol. The standard InChI is InChI=1S/C11H15Cl2NO3S/c1-2-3-4-5-17-10-6-9(13)11(7-8(10)12)18(14,15)16/h6-7H,2-5H2,1H3,(H2,14,15,16). The third-order valence-corrected chi connectivity index (χ3v) is 3.97. The predicted octanol–water partition coefficient (Wildman–Crippen LogP) is 3.21. The van der Waals surface area contributed by atoms with Gasteiger partial charge in [-0.25, -0.2) is 13.6 Å². The summed E-state index contributed by atoms with van der Waals surface area (Å²) in [5, 5.41) is 5.19. The molecule has 0 aliphatic carbocycles. The van der Waals surface area contributed by atoms with Crippen molar-refractivity contribution in [1.29, 1.82) is 0 Å². The monoisotopic (exact) mass is 311 g/mol. The minimum absolute atomic E-state index is 0.00684. The number of ether oxygens (including phenoxy) is 1. The molecule has 0 amide bonds. The van der Waals surface area contributed by atoms with Crippen LogP contribution in [0, 0.1) is 0 Å². The van der Waals surface area contributed by atoms with Gasteiger partial charge in [-0.15, -0.1) is 0 Å². The highest BCUT2D eigenvalue weighted by Crippen LogP contribution is 2.33. The molecule has 0 unspecified atom stereocenters. The van der Waals surface area contributed by atoms with Crippen LogP contribution in [0.2, 0.25) is 10.0 Å². The first kappa shape index (κ1) is 15.6. The zero-order chi connectivity index (χ0) is 13.8. The van der Waals surface area contributed by atoms with Gasteiger partial charge in [-0.3, -0.25) is 0 Å². The lowest BCUT2D eigenvalue weighted by atomic mass is 10.3. The van der Waals surface area contributed by atoms with E-state index >= 15 is 0 Å². The lowest BCUT2D eigenvalue weighted by Gasteiger charge is -2.10. The fourth-order valence-electron chi connectivity index (χ4n) is 1.37. The molecule has 0 bridgehead atoms. The number of primary sulfonamides is 1. The van der Waals surface area contributed by atoms with Crippen molar-refractivity contribution in [2.45, 2.75) is 31.1 Å². The normalized spacial score (nSPS) is 11.6. The van der Waals surface area contributed by atoms with E-state index in [0.717, 1.165) is 19.3 Å². The van der Waals surface area contributed by atoms with Crippen LogP contribution in [0.25, 0.3) is 0 Å². The fraction of sp³-hybridized carbons (Fsp3) is 0.455. The average Bonchev–Trinajstić information content (AvgIpc) is 2.27. The summed E-state index contributed by atoms with van der Waals surface area (Å²) in [5.74, 6) is 0.366. The molecule has 0 spiro atoms. The summed E-state index contributed by atoms with van der Waals surface area (Å²) < 4.78 is 27.9. The van der Waals surface area contributed by atoms with Crippen LogP contribution in [-0.2, 0) is 10.0 Å². The smallest absolute Gasteiger partial charge is 0.239 e. The minimum atomic E-state index is -3.87. The van der Waals surface area contributed by atoms with E-state index in [9.17, 15) is 8.42 Å². The van der Waals surface area contributed by atoms with Crippen molar-refractivity contribution in [1.82, 2.24) is 0 Å². The van der Waals surface area contributed by atoms with E-state index in [2.05, 4.69) is 6.92 Å². The maximum Gasteiger partial charge on any atom is 0.239 e. The van der Waals surface area contributed by atoms with Crippen LogP contribution in [-0.4, -0.2) is 15.0 Å². The second kappa shape index (κ2) is 6.61. The first-order chi connectivity index (χ1) is 8.36. The first-order valence-corrected chi connectivity index (χ1v) is 7.81. The Balaban J connectivity index is 2.87. The van der Waals surface area contributed by atoms with Gasteiger partial charge in [0.05, 0.1) is 16.7 Å². The molecule has 0 radical (unpaired) electrons. The van der Waals surface area contributed by atoms with Crippen molar-refractivity contribution in [2.75, 3.05) is 6.61 Å². The van der Waals surface area contributed by atoms with Crippen LogP contribution in [0.4, 0.5) is 0 Å². The third-order valence-electron chi connectivity index (χ3n) is 2.30. The molecule has 0 heterocycles. The molecule has 0 fully saturated rings. The maximum absolute atomic E-state index is 11.2. The van der Waals surface area contributed by atoms with Gasteiger partial charge >= 0.3 is 0 Å². The Morgan fingerprint density at radius 3 is 2.44 bits per heavy atom. The van der Waals surface area contributed by atoms with Crippen molar-refractivity contribution in [3.05, 3.63) is 22.2 Å². The van der Waals surface area contributed by atoms with Crippen LogP contribution in [0.5, 0.6) is 5.75 Å². The van der Waals surface area contributed by atoms with E-state index in [-0.39, 0.29) is 14.9 Å². The highest BCUT2D eigenvalue weighted by molar-refractivity contribution is 7.89. The van der Waals surface area contributed by atoms with Crippen LogP contribution in [0.1, 0.15) is 26.2 Å². The topological polar surface area (TPSA) is 69.4 Å². The Hall–Kier alpha value is -0.490. The summed E-state index contributed by atoms with van der Waals surface area (Å²) in [6.07, 6.45) is 3.05. The number of sulfonamides is 1. The zero-order valence-electron chi connectivity index (χ0n) is 9.95. The first-order valence-electron chi connectivity index (χ1n) is 5.51. The number of halogens is 2. The number of unbranched alkanes of at least 4 members (excludes halogenated alkanes) is 2. The van der Waals surface area contributed by atoms with E-state index in [1.54, 1.807) is 0 Å². The van der Waals surface area contributed by atoms with Crippen molar-refractivity contribution in [3.63, 3.8) is 0 Å². The van der Waals surface area contributed by atoms with Gasteiger partial charge in [-0.2, -0.15) is 0 Å². The van der Waals surface area contributed by atoms with E-state index in [1.165, 1.54) is 12.1 Å². The Morgan fingerprint density at radius 1 is 1.22 bits per heavy atom. The molecule has 18 heavy (non-hydrogen) atoms. The molecule has 2 N–H and O–H groups in total. The van der Waals surface area contributed by atoms with Gasteiger partial charge < -0.3 is 4.74 Å². The van der Waals surface area contributed by atoms with Gasteiger partial charge in [-0.1, -0.05) is 43.0 Å². The molecule has 102 valence electrons. The number of benzene rings is 1. The molecule has 0 saturated heterocycles. The number of hydrogen-bond acceptors (Lipinski definition) is 3. The van der Waals surface area contributed by atoms with E-state index in [4.69, 9.17) is 33.1 Å². The largest absolute Gasteiger partial charge is 0.492 e. The number of rotatable bonds is 6. The summed E-state index contributed by atoms with van der Waals surface area (Å²) in [6.45, 7) is 2.60. The van der Waals surface area contributed by atoms with Gasteiger partial charge in [0, 0.05) is 6.07 Å². The molecule has 0 saturated carbocycles. The van der Waals surface area contributed by atoms with Crippen LogP contribution < -0.4 is 9.88 Å². The van der Waals surface area contributed by atoms with Crippen molar-refractivity contribution < 1.29 is 13.2 Å². The van der Waals surface area contributed by atoms with Gasteiger partial charge in [-0.05, 0) is 12.5 Å². The lowest BCUT2D eigenvalue weighted by molar-refractivity contribution is 0.306. The molecular formula is C11H15Cl2NO3S. The highest BCUT2D eigenvalue weighted by Gasteiger charge is 2.16. The van der Waals surface area contributed by atoms with E-state index < -0.39 is 10.0 Å². The molecule has 0 aromatic heterocycles. The van der Waals surface area contributed by atoms with Crippen molar-refractivity contribution in [2.24, 2.45) is 5.14 Å². The molecule has 1 aromatic rings. The molecule has 0 atom stereocenters. The molecule has 4 nitrogen and oxygen atoms in total. The van der Waals surface area contributed by atoms with Crippen molar-refractivity contribution in [3.8, 4) is 5.75 Å². The van der Waals surface area contributed by atoms with E-state index in [0.29, 0.717) is 12.4 Å². The Kier molecular flexibility index (Phi) is 5.72. The molecule has 0 aliphatic heterocycles. The van der Waals surface area contributed by atoms with Gasteiger partial charge in [0.15, 0.2) is 0 Å². The SMILES string of the molecule is CCCCCOc1cc(Cl)c(S(N)(=O)=O)cc1Cl. The summed E-state index contributed by atoms with van der Waals surface area (Å²) in [4.78, 5) is -0.199. The van der Waals surface area contributed by atoms with Crippen LogP contribution in [0.15, 0.2) is 17.0 Å². The number of hydrogen-bond donors (Lipinski definition) is 1. The third kappa shape index (κ3) is 4.31. The quantitative estimate of drug-likeness (QED) is 0.820. The Bertz CT molecular complexity index is 517. The van der Waals surface area contributed by atoms with Gasteiger partial charge in [0.2, 0.25) is 10.0 Å². The minimum Gasteiger partial charge on any atom is -0.492 e. The van der Waals surface area contributed by atoms with Gasteiger partial charge in [0.25, 0.3) is 0 Å². The Labute approximate surface area is 117 Å². The molecule has 7 heteroatoms. The fourth-order valence-corrected chi connectivity index (χ4v) is 2.75. The summed E-state index contributed by atoms with van der Waals surface area (Å²) in [6, 6.07) is 2.57. The van der Waals surface area contributed by atoms with E-state index in [1.807, 2.05) is 0 Å². The highest BCUT2D eigenvalue weighted by atomic mass is 35.5. The molecule has 1 aromatic carbocycles. The van der Waals surface area contributed by atoms with Crippen LogP contribution in [0.3, 0.4) is 0 Å². The van der Waals surface area contributed by atoms with Crippen molar-refractivity contribution >= 4 is 33.2 Å². The number of nitrogens with two attached hydrogens (primary N) is 1. The summed E-state index contributed by atoms with van der Waals surface area (Å²) in [7, 11) is -3.87. The second-order valence-electron chi connectivity index (χ2n) is 3.81. The molecule has 1 rings (SSSR count). The second-order valence-corrected chi connectivity index (χ2v) is 6.16. The van der Waals surface area contributed by atoms with Gasteiger partial charge in [0.1, 0.15) is 10.6 Å². The molecular weight excluding hydrogens is 297 g/mol. The average molecular weight is 312 g/mol. The Morgan fingerprint density at radius 2 is 1.89 bits per heavy atom. The summed E-state index contributed by atoms with van der Waals surface area (Å²) >= 11 is 11.7. The maximum atomic E-state index is 11.2. The van der Waals surface area contributed by atoms with Crippen LogP contribution >= 0.6 is 23.2 Å². The molecule has 0 aliphatic rings. The zero-order valence-corrected chi connectivity index (χ0v) is 12.3. The summed E-state index contributed by atoms with van der Waals surface area (Å²) in [5.41, 5.74) is 0. The lowest BCUT2D eigenvalue weighted by Crippen LogP contribution is -2.13.